The molecule has 2 rings (SSSR count). The first kappa shape index (κ1) is 21.6. The van der Waals surface area contributed by atoms with Crippen LogP contribution in [-0.2, 0) is 16.4 Å². The van der Waals surface area contributed by atoms with Gasteiger partial charge in [-0.15, -0.1) is 24.0 Å². The summed E-state index contributed by atoms with van der Waals surface area (Å²) < 4.78 is 24.8. The van der Waals surface area contributed by atoms with Crippen LogP contribution in [0.25, 0.3) is 0 Å². The topological polar surface area (TPSA) is 123 Å². The summed E-state index contributed by atoms with van der Waals surface area (Å²) in [7, 11) is -1.47. The smallest absolute Gasteiger partial charge is 0.306 e. The van der Waals surface area contributed by atoms with E-state index < -0.39 is 19.5 Å². The van der Waals surface area contributed by atoms with Crippen LogP contribution in [0.2, 0.25) is 0 Å². The van der Waals surface area contributed by atoms with Crippen LogP contribution in [0.15, 0.2) is 17.4 Å². The zero-order chi connectivity index (χ0) is 18.0. The van der Waals surface area contributed by atoms with Crippen LogP contribution in [-0.4, -0.2) is 71.2 Å². The van der Waals surface area contributed by atoms with Crippen molar-refractivity contribution in [1.29, 1.82) is 0 Å². The summed E-state index contributed by atoms with van der Waals surface area (Å²) in [6.07, 6.45) is 2.56. The van der Waals surface area contributed by atoms with E-state index in [9.17, 15) is 18.5 Å². The van der Waals surface area contributed by atoms with Crippen LogP contribution in [0.5, 0.6) is 0 Å². The van der Waals surface area contributed by atoms with E-state index in [4.69, 9.17) is 0 Å². The summed E-state index contributed by atoms with van der Waals surface area (Å²) in [5.74, 6) is 0.700. The van der Waals surface area contributed by atoms with Gasteiger partial charge < -0.3 is 10.2 Å². The quantitative estimate of drug-likeness (QED) is 0.216. The third-order valence-electron chi connectivity index (χ3n) is 4.01. The normalized spacial score (nSPS) is 19.2. The number of nitrogens with zero attached hydrogens (tertiary/aromatic N) is 5. The Balaban J connectivity index is 0.00000312. The monoisotopic (exact) mass is 486 g/mol. The highest BCUT2D eigenvalue weighted by molar-refractivity contribution is 14.0. The van der Waals surface area contributed by atoms with Gasteiger partial charge in [0.05, 0.1) is 22.0 Å². The SMILES string of the molecule is CN=C(NCCn1cc([N+](=O)[O-])cn1)N1CCS(=O)(=O)C(C)(C)C1.I. The van der Waals surface area contributed by atoms with Gasteiger partial charge in [0.2, 0.25) is 0 Å². The molecule has 142 valence electrons. The number of nitro groups is 1. The summed E-state index contributed by atoms with van der Waals surface area (Å²) in [5, 5.41) is 17.7. The van der Waals surface area contributed by atoms with E-state index in [2.05, 4.69) is 15.4 Å². The Morgan fingerprint density at radius 1 is 1.52 bits per heavy atom. The predicted molar refractivity (Wildman–Crippen MR) is 105 cm³/mol. The van der Waals surface area contributed by atoms with Crippen LogP contribution in [0, 0.1) is 10.1 Å². The first-order chi connectivity index (χ1) is 11.2. The fraction of sp³-hybridized carbons (Fsp3) is 0.692. The predicted octanol–water partition coefficient (Wildman–Crippen LogP) is 0.494. The van der Waals surface area contributed by atoms with Gasteiger partial charge in [-0.05, 0) is 13.8 Å². The Morgan fingerprint density at radius 3 is 2.72 bits per heavy atom. The fourth-order valence-corrected chi connectivity index (χ4v) is 3.87. The molecule has 10 nitrogen and oxygen atoms in total. The Bertz CT molecular complexity index is 745. The van der Waals surface area contributed by atoms with Crippen molar-refractivity contribution < 1.29 is 13.3 Å². The molecule has 0 spiro atoms. The maximum absolute atomic E-state index is 12.1. The van der Waals surface area contributed by atoms with Crippen molar-refractivity contribution in [3.05, 3.63) is 22.5 Å². The molecule has 0 amide bonds. The first-order valence-electron chi connectivity index (χ1n) is 7.51. The molecule has 0 atom stereocenters. The molecular weight excluding hydrogens is 463 g/mol. The van der Waals surface area contributed by atoms with Crippen LogP contribution in [0.3, 0.4) is 0 Å². The molecule has 1 fully saturated rings. The standard InChI is InChI=1S/C13H22N6O4S.HI/c1-13(2)10-17(6-7-24(13,22)23)12(14-3)15-4-5-18-9-11(8-16-18)19(20)21;/h8-9H,4-7,10H2,1-3H3,(H,14,15);1H. The molecule has 0 radical (unpaired) electrons. The highest BCUT2D eigenvalue weighted by atomic mass is 127. The molecule has 2 heterocycles. The number of hydrogen-bond acceptors (Lipinski definition) is 6. The van der Waals surface area contributed by atoms with Gasteiger partial charge in [-0.1, -0.05) is 0 Å². The van der Waals surface area contributed by atoms with E-state index in [-0.39, 0.29) is 35.4 Å². The second kappa shape index (κ2) is 8.29. The molecule has 1 aliphatic heterocycles. The van der Waals surface area contributed by atoms with Crippen molar-refractivity contribution in [1.82, 2.24) is 20.0 Å². The van der Waals surface area contributed by atoms with Gasteiger partial charge in [0.15, 0.2) is 15.8 Å². The lowest BCUT2D eigenvalue weighted by Crippen LogP contribution is -2.57. The Morgan fingerprint density at radius 2 is 2.20 bits per heavy atom. The van der Waals surface area contributed by atoms with Crippen LogP contribution >= 0.6 is 24.0 Å². The molecule has 1 aromatic heterocycles. The molecule has 12 heteroatoms. The number of aliphatic imine (C=N–C) groups is 1. The lowest BCUT2D eigenvalue weighted by Gasteiger charge is -2.39. The molecule has 0 bridgehead atoms. The molecule has 1 aromatic rings. The van der Waals surface area contributed by atoms with Crippen molar-refractivity contribution in [3.63, 3.8) is 0 Å². The first-order valence-corrected chi connectivity index (χ1v) is 9.16. The molecule has 1 N–H and O–H groups in total. The average molecular weight is 486 g/mol. The number of halogens is 1. The maximum atomic E-state index is 12.1. The number of sulfone groups is 1. The molecule has 0 aromatic carbocycles. The molecule has 25 heavy (non-hydrogen) atoms. The van der Waals surface area contributed by atoms with Crippen LogP contribution in [0.4, 0.5) is 5.69 Å². The maximum Gasteiger partial charge on any atom is 0.306 e. The van der Waals surface area contributed by atoms with Gasteiger partial charge in [0.1, 0.15) is 12.4 Å². The van der Waals surface area contributed by atoms with Crippen molar-refractivity contribution in [2.75, 3.05) is 32.4 Å². The lowest BCUT2D eigenvalue weighted by molar-refractivity contribution is -0.385. The average Bonchev–Trinajstić information content (AvgIpc) is 2.96. The molecule has 1 aliphatic rings. The largest absolute Gasteiger partial charge is 0.354 e. The van der Waals surface area contributed by atoms with Gasteiger partial charge in [0.25, 0.3) is 0 Å². The van der Waals surface area contributed by atoms with Gasteiger partial charge in [-0.2, -0.15) is 5.10 Å². The number of hydrogen-bond donors (Lipinski definition) is 1. The Kier molecular flexibility index (Phi) is 7.17. The second-order valence-electron chi connectivity index (χ2n) is 6.19. The van der Waals surface area contributed by atoms with Crippen LogP contribution < -0.4 is 5.32 Å². The van der Waals surface area contributed by atoms with Gasteiger partial charge in [-0.3, -0.25) is 19.8 Å². The minimum atomic E-state index is -3.11. The highest BCUT2D eigenvalue weighted by Gasteiger charge is 2.40. The minimum absolute atomic E-state index is 0. The Labute approximate surface area is 163 Å². The number of guanidine groups is 1. The summed E-state index contributed by atoms with van der Waals surface area (Å²) >= 11 is 0. The van der Waals surface area contributed by atoms with E-state index in [1.165, 1.54) is 17.1 Å². The third-order valence-corrected chi connectivity index (χ3v) is 6.54. The molecular formula is C13H23IN6O4S. The zero-order valence-electron chi connectivity index (χ0n) is 14.4. The lowest BCUT2D eigenvalue weighted by atomic mass is 10.2. The third kappa shape index (κ3) is 5.03. The van der Waals surface area contributed by atoms with E-state index in [0.29, 0.717) is 32.1 Å². The summed E-state index contributed by atoms with van der Waals surface area (Å²) in [4.78, 5) is 16.2. The second-order valence-corrected chi connectivity index (χ2v) is 8.94. The van der Waals surface area contributed by atoms with Crippen molar-refractivity contribution in [2.24, 2.45) is 4.99 Å². The van der Waals surface area contributed by atoms with Crippen molar-refractivity contribution >= 4 is 45.5 Å². The highest BCUT2D eigenvalue weighted by Crippen LogP contribution is 2.23. The molecule has 0 aliphatic carbocycles. The summed E-state index contributed by atoms with van der Waals surface area (Å²) in [5.41, 5.74) is -0.0534. The summed E-state index contributed by atoms with van der Waals surface area (Å²) in [6, 6.07) is 0. The van der Waals surface area contributed by atoms with E-state index in [0.717, 1.165) is 0 Å². The zero-order valence-corrected chi connectivity index (χ0v) is 17.5. The van der Waals surface area contributed by atoms with Crippen molar-refractivity contribution in [3.8, 4) is 0 Å². The molecule has 0 saturated carbocycles. The van der Waals surface area contributed by atoms with Crippen LogP contribution in [0.1, 0.15) is 13.8 Å². The number of nitrogens with one attached hydrogen (secondary N) is 1. The number of aromatic nitrogens is 2. The van der Waals surface area contributed by atoms with Gasteiger partial charge >= 0.3 is 5.69 Å². The molecule has 0 unspecified atom stereocenters. The number of rotatable bonds is 4. The van der Waals surface area contributed by atoms with Gasteiger partial charge in [-0.25, -0.2) is 8.42 Å². The Hall–Kier alpha value is -1.44. The molecule has 1 saturated heterocycles. The fourth-order valence-electron chi connectivity index (χ4n) is 2.51. The minimum Gasteiger partial charge on any atom is -0.354 e. The van der Waals surface area contributed by atoms with E-state index in [1.807, 2.05) is 4.90 Å². The summed E-state index contributed by atoms with van der Waals surface area (Å²) in [6.45, 7) is 5.08. The van der Waals surface area contributed by atoms with Gasteiger partial charge in [0, 0.05) is 26.7 Å². The van der Waals surface area contributed by atoms with E-state index in [1.54, 1.807) is 20.9 Å². The van der Waals surface area contributed by atoms with E-state index >= 15 is 0 Å². The van der Waals surface area contributed by atoms with Crippen molar-refractivity contribution in [2.45, 2.75) is 25.1 Å².